The number of sulfone groups is 1. The summed E-state index contributed by atoms with van der Waals surface area (Å²) < 4.78 is 48.7. The summed E-state index contributed by atoms with van der Waals surface area (Å²) in [6.45, 7) is 0. The second-order valence-electron chi connectivity index (χ2n) is 9.95. The van der Waals surface area contributed by atoms with Gasteiger partial charge in [0.1, 0.15) is 16.8 Å². The number of halogens is 3. The molecule has 0 amide bonds. The molecule has 42 heavy (non-hydrogen) atoms. The molecule has 0 spiro atoms. The van der Waals surface area contributed by atoms with E-state index in [0.717, 1.165) is 19.1 Å². The number of hydrogen-bond donors (Lipinski definition) is 4. The van der Waals surface area contributed by atoms with Crippen LogP contribution < -0.4 is 21.6 Å². The molecule has 3 aromatic carbocycles. The molecule has 1 aromatic heterocycles. The minimum atomic E-state index is -3.75. The number of pyridine rings is 1. The van der Waals surface area contributed by atoms with Crippen molar-refractivity contribution in [3.63, 3.8) is 0 Å². The first kappa shape index (κ1) is 26.8. The molecule has 9 nitrogen and oxygen atoms in total. The molecule has 1 aliphatic carbocycles. The average molecular weight is 626 g/mol. The van der Waals surface area contributed by atoms with E-state index in [1.54, 1.807) is 30.5 Å². The molecule has 13 heteroatoms. The highest BCUT2D eigenvalue weighted by Crippen LogP contribution is 2.39. The standard InChI is InChI=1S/C29H24Cl2FN7O2S/c1-42(40,41)29-22(30)3-2-4-24(29)36-26-17(13-33)14-34-28-21(26)11-19(12-23(28)31)35-27(16-5-7-18(32)8-6-16)25-15-39(38-37-25)20-9-10-20/h2-8,11-12,14-15,20,27,35,37-38H,9-10H2,1H3,(H,34,36)/t27-/m0/s1/i27D. The predicted octanol–water partition coefficient (Wildman–Crippen LogP) is 6.18. The van der Waals surface area contributed by atoms with Gasteiger partial charge in [-0.3, -0.25) is 9.99 Å². The summed E-state index contributed by atoms with van der Waals surface area (Å²) in [7, 11) is -3.75. The number of hydrazine groups is 2. The molecule has 0 saturated heterocycles. The zero-order valence-electron chi connectivity index (χ0n) is 23.0. The van der Waals surface area contributed by atoms with Crippen molar-refractivity contribution in [2.75, 3.05) is 16.9 Å². The minimum Gasteiger partial charge on any atom is -0.373 e. The molecule has 0 radical (unpaired) electrons. The van der Waals surface area contributed by atoms with Crippen molar-refractivity contribution >= 4 is 61.0 Å². The maximum absolute atomic E-state index is 13.9. The summed E-state index contributed by atoms with van der Waals surface area (Å²) in [6, 6.07) is 14.2. The Kier molecular flexibility index (Phi) is 6.99. The van der Waals surface area contributed by atoms with Crippen LogP contribution in [0, 0.1) is 17.1 Å². The first-order chi connectivity index (χ1) is 20.5. The molecule has 1 atom stereocenters. The molecular weight excluding hydrogens is 600 g/mol. The highest BCUT2D eigenvalue weighted by Gasteiger charge is 2.32. The number of rotatable bonds is 8. The van der Waals surface area contributed by atoms with Crippen LogP contribution in [0.1, 0.15) is 31.4 Å². The van der Waals surface area contributed by atoms with Crippen LogP contribution in [0.4, 0.5) is 21.5 Å². The molecule has 1 fully saturated rings. The molecule has 2 aliphatic rings. The first-order valence-corrected chi connectivity index (χ1v) is 15.5. The fourth-order valence-corrected chi connectivity index (χ4v) is 6.53. The number of nitrogens with one attached hydrogen (secondary N) is 4. The molecular formula is C29H24Cl2FN7O2S. The molecule has 0 unspecified atom stereocenters. The Morgan fingerprint density at radius 1 is 1.19 bits per heavy atom. The highest BCUT2D eigenvalue weighted by atomic mass is 35.5. The molecule has 4 N–H and O–H groups in total. The second kappa shape index (κ2) is 11.0. The van der Waals surface area contributed by atoms with Crippen molar-refractivity contribution in [3.8, 4) is 6.07 Å². The van der Waals surface area contributed by atoms with Crippen LogP contribution >= 0.6 is 23.2 Å². The number of nitriles is 1. The van der Waals surface area contributed by atoms with Crippen molar-refractivity contribution in [1.29, 1.82) is 5.26 Å². The largest absolute Gasteiger partial charge is 0.373 e. The number of aromatic nitrogens is 1. The third-order valence-electron chi connectivity index (χ3n) is 6.84. The van der Waals surface area contributed by atoms with Gasteiger partial charge < -0.3 is 16.1 Å². The molecule has 1 saturated carbocycles. The van der Waals surface area contributed by atoms with Gasteiger partial charge in [-0.2, -0.15) is 5.26 Å². The van der Waals surface area contributed by atoms with Gasteiger partial charge in [-0.15, -0.1) is 5.53 Å². The van der Waals surface area contributed by atoms with Crippen LogP contribution in [-0.2, 0) is 9.84 Å². The lowest BCUT2D eigenvalue weighted by atomic mass is 10.0. The molecule has 0 bridgehead atoms. The van der Waals surface area contributed by atoms with E-state index in [4.69, 9.17) is 23.2 Å². The quantitative estimate of drug-likeness (QED) is 0.182. The lowest BCUT2D eigenvalue weighted by Gasteiger charge is -2.22. The maximum Gasteiger partial charge on any atom is 0.179 e. The Morgan fingerprint density at radius 3 is 2.64 bits per heavy atom. The van der Waals surface area contributed by atoms with Gasteiger partial charge in [0.15, 0.2) is 9.84 Å². The monoisotopic (exact) mass is 624 g/mol. The normalized spacial score (nSPS) is 16.7. The van der Waals surface area contributed by atoms with E-state index in [2.05, 4.69) is 32.6 Å². The fourth-order valence-electron chi connectivity index (χ4n) is 4.73. The van der Waals surface area contributed by atoms with E-state index in [9.17, 15) is 19.4 Å². The molecule has 214 valence electrons. The molecule has 4 aromatic rings. The van der Waals surface area contributed by atoms with Crippen molar-refractivity contribution in [1.82, 2.24) is 21.0 Å². The number of fused-ring (bicyclic) bond motifs is 1. The van der Waals surface area contributed by atoms with Gasteiger partial charge in [-0.25, -0.2) is 12.8 Å². The van der Waals surface area contributed by atoms with Crippen molar-refractivity contribution in [3.05, 3.63) is 99.7 Å². The lowest BCUT2D eigenvalue weighted by Crippen LogP contribution is -2.38. The van der Waals surface area contributed by atoms with E-state index in [-0.39, 0.29) is 31.9 Å². The number of anilines is 3. The fraction of sp³-hybridized carbons (Fsp3) is 0.172. The summed E-state index contributed by atoms with van der Waals surface area (Å²) in [5.41, 5.74) is 8.32. The van der Waals surface area contributed by atoms with E-state index < -0.39 is 21.7 Å². The van der Waals surface area contributed by atoms with Gasteiger partial charge in [0.25, 0.3) is 0 Å². The van der Waals surface area contributed by atoms with Crippen molar-refractivity contribution in [2.24, 2.45) is 0 Å². The van der Waals surface area contributed by atoms with E-state index >= 15 is 0 Å². The molecule has 6 rings (SSSR count). The van der Waals surface area contributed by atoms with Gasteiger partial charge in [-0.05, 0) is 54.8 Å². The maximum atomic E-state index is 13.9. The summed E-state index contributed by atoms with van der Waals surface area (Å²) in [5, 5.41) is 18.8. The average Bonchev–Trinajstić information content (AvgIpc) is 3.68. The Labute approximate surface area is 253 Å². The topological polar surface area (TPSA) is 122 Å². The van der Waals surface area contributed by atoms with Gasteiger partial charge in [0.05, 0.1) is 45.6 Å². The van der Waals surface area contributed by atoms with Crippen LogP contribution in [0.15, 0.2) is 77.6 Å². The zero-order chi connectivity index (χ0) is 30.5. The van der Waals surface area contributed by atoms with E-state index in [1.807, 2.05) is 5.01 Å². The highest BCUT2D eigenvalue weighted by molar-refractivity contribution is 7.91. The van der Waals surface area contributed by atoms with Gasteiger partial charge in [0.2, 0.25) is 0 Å². The Bertz CT molecular complexity index is 1950. The first-order valence-electron chi connectivity index (χ1n) is 13.3. The van der Waals surface area contributed by atoms with Crippen LogP contribution in [-0.4, -0.2) is 30.7 Å². The van der Waals surface area contributed by atoms with Gasteiger partial charge >= 0.3 is 0 Å². The van der Waals surface area contributed by atoms with Crippen LogP contribution in [0.25, 0.3) is 10.9 Å². The Morgan fingerprint density at radius 2 is 1.95 bits per heavy atom. The zero-order valence-corrected chi connectivity index (χ0v) is 24.4. The Hall–Kier alpha value is -4.08. The number of benzene rings is 3. The van der Waals surface area contributed by atoms with Crippen molar-refractivity contribution < 1.29 is 14.2 Å². The molecule has 2 heterocycles. The van der Waals surface area contributed by atoms with Crippen molar-refractivity contribution in [2.45, 2.75) is 29.8 Å². The van der Waals surface area contributed by atoms with Crippen LogP contribution in [0.5, 0.6) is 0 Å². The third-order valence-corrected chi connectivity index (χ3v) is 8.74. The van der Waals surface area contributed by atoms with Crippen LogP contribution in [0.2, 0.25) is 10.0 Å². The van der Waals surface area contributed by atoms with Gasteiger partial charge in [-0.1, -0.05) is 41.4 Å². The second-order valence-corrected chi connectivity index (χ2v) is 12.7. The SMILES string of the molecule is [2H][C@@](Nc1cc(Cl)c2ncc(C#N)c(Nc3cccc(Cl)c3S(C)(=O)=O)c2c1)(C1=CN(C2CC2)NN1)c1ccc(F)cc1. The summed E-state index contributed by atoms with van der Waals surface area (Å²) >= 11 is 13.0. The summed E-state index contributed by atoms with van der Waals surface area (Å²) in [4.78, 5) is 4.24. The predicted molar refractivity (Wildman–Crippen MR) is 161 cm³/mol. The summed E-state index contributed by atoms with van der Waals surface area (Å²) in [6.07, 6.45) is 6.23. The lowest BCUT2D eigenvalue weighted by molar-refractivity contribution is 0.260. The molecule has 1 aliphatic heterocycles. The smallest absolute Gasteiger partial charge is 0.179 e. The minimum absolute atomic E-state index is 0.0224. The third kappa shape index (κ3) is 5.54. The van der Waals surface area contributed by atoms with E-state index in [1.165, 1.54) is 36.5 Å². The number of hydrogen-bond acceptors (Lipinski definition) is 9. The Balaban J connectivity index is 1.49. The van der Waals surface area contributed by atoms with Crippen LogP contribution in [0.3, 0.4) is 0 Å². The van der Waals surface area contributed by atoms with E-state index in [0.29, 0.717) is 33.9 Å². The number of nitrogens with zero attached hydrogens (tertiary/aromatic N) is 3. The van der Waals surface area contributed by atoms with Gasteiger partial charge in [0, 0.05) is 35.8 Å². The summed E-state index contributed by atoms with van der Waals surface area (Å²) in [5.74, 6) is -0.439.